The SMILES string of the molecule is O=C(CNS(=O)(=O)c1cccc(C(F)(F)F)c1)NCc1ccco1. The van der Waals surface area contributed by atoms with Gasteiger partial charge in [0.2, 0.25) is 15.9 Å². The van der Waals surface area contributed by atoms with Crippen LogP contribution < -0.4 is 10.0 Å². The number of hydrogen-bond donors (Lipinski definition) is 2. The molecular formula is C14H13F3N2O4S. The van der Waals surface area contributed by atoms with Gasteiger partial charge in [0.05, 0.1) is 29.8 Å². The summed E-state index contributed by atoms with van der Waals surface area (Å²) < 4.78 is 68.7. The number of sulfonamides is 1. The van der Waals surface area contributed by atoms with Crippen LogP contribution in [-0.4, -0.2) is 20.9 Å². The van der Waals surface area contributed by atoms with E-state index in [2.05, 4.69) is 5.32 Å². The largest absolute Gasteiger partial charge is 0.467 e. The van der Waals surface area contributed by atoms with Gasteiger partial charge in [-0.15, -0.1) is 0 Å². The molecule has 0 saturated heterocycles. The predicted molar refractivity (Wildman–Crippen MR) is 77.2 cm³/mol. The Morgan fingerprint density at radius 2 is 1.92 bits per heavy atom. The zero-order valence-corrected chi connectivity index (χ0v) is 12.9. The number of carbonyl (C=O) groups is 1. The molecule has 0 aliphatic rings. The average Bonchev–Trinajstić information content (AvgIpc) is 3.04. The van der Waals surface area contributed by atoms with Gasteiger partial charge < -0.3 is 9.73 Å². The smallest absolute Gasteiger partial charge is 0.416 e. The Hall–Kier alpha value is -2.33. The van der Waals surface area contributed by atoms with Gasteiger partial charge in [0.15, 0.2) is 0 Å². The first-order valence-electron chi connectivity index (χ1n) is 6.64. The van der Waals surface area contributed by atoms with E-state index in [1.165, 1.54) is 6.26 Å². The van der Waals surface area contributed by atoms with Crippen LogP contribution in [0.2, 0.25) is 0 Å². The molecule has 2 N–H and O–H groups in total. The fourth-order valence-electron chi connectivity index (χ4n) is 1.74. The summed E-state index contributed by atoms with van der Waals surface area (Å²) in [5, 5.41) is 2.41. The van der Waals surface area contributed by atoms with E-state index in [-0.39, 0.29) is 6.54 Å². The van der Waals surface area contributed by atoms with Gasteiger partial charge >= 0.3 is 6.18 Å². The van der Waals surface area contributed by atoms with Crippen molar-refractivity contribution < 1.29 is 30.8 Å². The van der Waals surface area contributed by atoms with Gasteiger partial charge in [0.25, 0.3) is 0 Å². The van der Waals surface area contributed by atoms with Gasteiger partial charge in [-0.2, -0.15) is 13.2 Å². The second-order valence-corrected chi connectivity index (χ2v) is 6.47. The number of furan rings is 1. The Kier molecular flexibility index (Phi) is 5.30. The van der Waals surface area contributed by atoms with E-state index < -0.39 is 39.1 Å². The van der Waals surface area contributed by atoms with E-state index in [1.807, 2.05) is 4.72 Å². The minimum atomic E-state index is -4.66. The fraction of sp³-hybridized carbons (Fsp3) is 0.214. The van der Waals surface area contributed by atoms with Crippen LogP contribution in [0.1, 0.15) is 11.3 Å². The van der Waals surface area contributed by atoms with Crippen molar-refractivity contribution in [1.82, 2.24) is 10.0 Å². The Morgan fingerprint density at radius 3 is 2.54 bits per heavy atom. The van der Waals surface area contributed by atoms with Gasteiger partial charge in [-0.25, -0.2) is 13.1 Å². The standard InChI is InChI=1S/C14H13F3N2O4S/c15-14(16,17)10-3-1-5-12(7-10)24(21,22)19-9-13(20)18-8-11-4-2-6-23-11/h1-7,19H,8-9H2,(H,18,20). The summed E-state index contributed by atoms with van der Waals surface area (Å²) in [4.78, 5) is 11.0. The monoisotopic (exact) mass is 362 g/mol. The molecule has 1 aromatic carbocycles. The molecule has 2 rings (SSSR count). The molecule has 1 amide bonds. The molecule has 2 aromatic rings. The van der Waals surface area contributed by atoms with Crippen LogP contribution in [0.3, 0.4) is 0 Å². The molecule has 1 heterocycles. The lowest BCUT2D eigenvalue weighted by molar-refractivity contribution is -0.137. The van der Waals surface area contributed by atoms with Crippen molar-refractivity contribution in [3.05, 3.63) is 54.0 Å². The number of nitrogens with one attached hydrogen (secondary N) is 2. The quantitative estimate of drug-likeness (QED) is 0.821. The van der Waals surface area contributed by atoms with E-state index >= 15 is 0 Å². The number of alkyl halides is 3. The average molecular weight is 362 g/mol. The molecule has 0 unspecified atom stereocenters. The number of hydrogen-bond acceptors (Lipinski definition) is 4. The van der Waals surface area contributed by atoms with E-state index in [1.54, 1.807) is 12.1 Å². The highest BCUT2D eigenvalue weighted by atomic mass is 32.2. The summed E-state index contributed by atoms with van der Waals surface area (Å²) in [6.07, 6.45) is -3.25. The third-order valence-corrected chi connectivity index (χ3v) is 4.33. The normalized spacial score (nSPS) is 12.1. The maximum atomic E-state index is 12.6. The number of benzene rings is 1. The number of halogens is 3. The first kappa shape index (κ1) is 18.0. The summed E-state index contributed by atoms with van der Waals surface area (Å²) in [6.45, 7) is -0.545. The third kappa shape index (κ3) is 4.83. The molecule has 0 atom stereocenters. The third-order valence-electron chi connectivity index (χ3n) is 2.93. The molecule has 0 aliphatic carbocycles. The van der Waals surface area contributed by atoms with Crippen LogP contribution in [0.5, 0.6) is 0 Å². The van der Waals surface area contributed by atoms with Crippen LogP contribution in [-0.2, 0) is 27.5 Å². The number of amides is 1. The second kappa shape index (κ2) is 7.05. The zero-order chi connectivity index (χ0) is 17.8. The maximum Gasteiger partial charge on any atom is 0.416 e. The molecule has 1 aromatic heterocycles. The Balaban J connectivity index is 1.97. The highest BCUT2D eigenvalue weighted by Crippen LogP contribution is 2.30. The first-order valence-corrected chi connectivity index (χ1v) is 8.13. The number of carbonyl (C=O) groups excluding carboxylic acids is 1. The summed E-state index contributed by atoms with van der Waals surface area (Å²) in [6, 6.07) is 6.50. The minimum absolute atomic E-state index is 0.0666. The molecule has 0 bridgehead atoms. The molecule has 24 heavy (non-hydrogen) atoms. The highest BCUT2D eigenvalue weighted by Gasteiger charge is 2.31. The van der Waals surface area contributed by atoms with Gasteiger partial charge in [-0.05, 0) is 30.3 Å². The Bertz CT molecular complexity index is 802. The molecule has 0 spiro atoms. The first-order chi connectivity index (χ1) is 11.2. The Labute approximate surface area is 135 Å². The van der Waals surface area contributed by atoms with Gasteiger partial charge in [-0.3, -0.25) is 4.79 Å². The summed E-state index contributed by atoms with van der Waals surface area (Å²) in [7, 11) is -4.24. The molecule has 0 fully saturated rings. The Morgan fingerprint density at radius 1 is 1.17 bits per heavy atom. The summed E-state index contributed by atoms with van der Waals surface area (Å²) in [5.74, 6) is -0.175. The predicted octanol–water partition coefficient (Wildman–Crippen LogP) is 1.89. The van der Waals surface area contributed by atoms with Gasteiger partial charge in [0, 0.05) is 0 Å². The topological polar surface area (TPSA) is 88.4 Å². The van der Waals surface area contributed by atoms with Crippen LogP contribution in [0, 0.1) is 0 Å². The molecule has 0 saturated carbocycles. The van der Waals surface area contributed by atoms with E-state index in [9.17, 15) is 26.4 Å². The van der Waals surface area contributed by atoms with E-state index in [4.69, 9.17) is 4.42 Å². The molecule has 0 aliphatic heterocycles. The molecule has 6 nitrogen and oxygen atoms in total. The minimum Gasteiger partial charge on any atom is -0.467 e. The zero-order valence-electron chi connectivity index (χ0n) is 12.1. The van der Waals surface area contributed by atoms with Gasteiger partial charge in [-0.1, -0.05) is 6.07 Å². The van der Waals surface area contributed by atoms with Crippen LogP contribution >= 0.6 is 0 Å². The van der Waals surface area contributed by atoms with Crippen LogP contribution in [0.25, 0.3) is 0 Å². The summed E-state index contributed by atoms with van der Waals surface area (Å²) in [5.41, 5.74) is -1.09. The van der Waals surface area contributed by atoms with Crippen LogP contribution in [0.15, 0.2) is 52.0 Å². The lowest BCUT2D eigenvalue weighted by atomic mass is 10.2. The molecule has 10 heteroatoms. The van der Waals surface area contributed by atoms with Crippen molar-refractivity contribution in [3.8, 4) is 0 Å². The van der Waals surface area contributed by atoms with E-state index in [0.29, 0.717) is 11.8 Å². The lowest BCUT2D eigenvalue weighted by Gasteiger charge is -2.10. The van der Waals surface area contributed by atoms with E-state index in [0.717, 1.165) is 18.2 Å². The maximum absolute atomic E-state index is 12.6. The molecule has 0 radical (unpaired) electrons. The van der Waals surface area contributed by atoms with Crippen molar-refractivity contribution >= 4 is 15.9 Å². The summed E-state index contributed by atoms with van der Waals surface area (Å²) >= 11 is 0. The molecule has 130 valence electrons. The van der Waals surface area contributed by atoms with Crippen molar-refractivity contribution in [3.63, 3.8) is 0 Å². The van der Waals surface area contributed by atoms with Crippen molar-refractivity contribution in [2.24, 2.45) is 0 Å². The highest BCUT2D eigenvalue weighted by molar-refractivity contribution is 7.89. The molecular weight excluding hydrogens is 349 g/mol. The van der Waals surface area contributed by atoms with Crippen molar-refractivity contribution in [2.45, 2.75) is 17.6 Å². The van der Waals surface area contributed by atoms with Gasteiger partial charge in [0.1, 0.15) is 5.76 Å². The number of rotatable bonds is 6. The lowest BCUT2D eigenvalue weighted by Crippen LogP contribution is -2.36. The van der Waals surface area contributed by atoms with Crippen molar-refractivity contribution in [1.29, 1.82) is 0 Å². The van der Waals surface area contributed by atoms with Crippen molar-refractivity contribution in [2.75, 3.05) is 6.54 Å². The van der Waals surface area contributed by atoms with Crippen LogP contribution in [0.4, 0.5) is 13.2 Å². The fourth-order valence-corrected chi connectivity index (χ4v) is 2.77. The second-order valence-electron chi connectivity index (χ2n) is 4.71.